The number of nitrogens with one attached hydrogen (secondary N) is 2. The molecule has 1 aromatic carbocycles. The van der Waals surface area contributed by atoms with Crippen molar-refractivity contribution in [1.29, 1.82) is 0 Å². The first-order valence-corrected chi connectivity index (χ1v) is 9.81. The van der Waals surface area contributed by atoms with Crippen LogP contribution in [-0.4, -0.2) is 37.5 Å². The second kappa shape index (κ2) is 8.25. The fraction of sp³-hybridized carbons (Fsp3) is 0.333. The molecule has 0 saturated heterocycles. The van der Waals surface area contributed by atoms with E-state index in [1.807, 2.05) is 0 Å². The van der Waals surface area contributed by atoms with Gasteiger partial charge in [-0.3, -0.25) is 27.9 Å². The van der Waals surface area contributed by atoms with Gasteiger partial charge in [0.15, 0.2) is 0 Å². The van der Waals surface area contributed by atoms with Crippen molar-refractivity contribution in [2.75, 3.05) is 24.7 Å². The standard InChI is InChI=1S/C21H26N6O5/c1-22-16-14(18(29)26(5)20(31)24(16)3)13(11-9-7-8-10-12(11)28)15-17(23-2)25(4)21(32)27(6)19(15)30/h7-10,13,22-23,28H,1-6H3. The van der Waals surface area contributed by atoms with Gasteiger partial charge in [0, 0.05) is 47.8 Å². The number of aromatic nitrogens is 4. The number of phenolic OH excluding ortho intramolecular Hbond substituents is 1. The van der Waals surface area contributed by atoms with E-state index in [0.29, 0.717) is 0 Å². The molecule has 0 radical (unpaired) electrons. The first-order valence-electron chi connectivity index (χ1n) is 9.81. The van der Waals surface area contributed by atoms with E-state index in [4.69, 9.17) is 0 Å². The van der Waals surface area contributed by atoms with E-state index in [0.717, 1.165) is 9.13 Å². The predicted molar refractivity (Wildman–Crippen MR) is 122 cm³/mol. The largest absolute Gasteiger partial charge is 0.508 e. The number of para-hydroxylation sites is 1. The highest BCUT2D eigenvalue weighted by Gasteiger charge is 2.33. The van der Waals surface area contributed by atoms with Crippen molar-refractivity contribution in [2.45, 2.75) is 5.92 Å². The van der Waals surface area contributed by atoms with Crippen LogP contribution in [0.25, 0.3) is 0 Å². The smallest absolute Gasteiger partial charge is 0.332 e. The fourth-order valence-electron chi connectivity index (χ4n) is 4.05. The van der Waals surface area contributed by atoms with Gasteiger partial charge in [0.1, 0.15) is 17.4 Å². The van der Waals surface area contributed by atoms with Gasteiger partial charge in [-0.2, -0.15) is 0 Å². The molecule has 0 saturated carbocycles. The molecule has 0 amide bonds. The van der Waals surface area contributed by atoms with Crippen molar-refractivity contribution in [2.24, 2.45) is 28.2 Å². The summed E-state index contributed by atoms with van der Waals surface area (Å²) in [5.74, 6) is -0.876. The Hall–Kier alpha value is -4.02. The van der Waals surface area contributed by atoms with Crippen molar-refractivity contribution in [1.82, 2.24) is 18.3 Å². The minimum absolute atomic E-state index is 0.0749. The molecule has 0 spiro atoms. The van der Waals surface area contributed by atoms with Crippen LogP contribution in [0.2, 0.25) is 0 Å². The summed E-state index contributed by atoms with van der Waals surface area (Å²) in [5, 5.41) is 16.5. The number of benzene rings is 1. The van der Waals surface area contributed by atoms with Crippen LogP contribution in [0, 0.1) is 0 Å². The van der Waals surface area contributed by atoms with Crippen molar-refractivity contribution in [3.8, 4) is 5.75 Å². The van der Waals surface area contributed by atoms with Crippen LogP contribution in [0.15, 0.2) is 43.4 Å². The summed E-state index contributed by atoms with van der Waals surface area (Å²) in [6.07, 6.45) is 0. The highest BCUT2D eigenvalue weighted by molar-refractivity contribution is 5.61. The molecule has 0 atom stereocenters. The summed E-state index contributed by atoms with van der Waals surface area (Å²) in [5.41, 5.74) is -1.96. The third kappa shape index (κ3) is 3.22. The molecule has 2 heterocycles. The summed E-state index contributed by atoms with van der Waals surface area (Å²) >= 11 is 0. The molecule has 11 nitrogen and oxygen atoms in total. The first kappa shape index (κ1) is 22.7. The second-order valence-corrected chi connectivity index (χ2v) is 7.43. The topological polar surface area (TPSA) is 132 Å². The lowest BCUT2D eigenvalue weighted by molar-refractivity contribution is 0.466. The highest BCUT2D eigenvalue weighted by atomic mass is 16.3. The minimum Gasteiger partial charge on any atom is -0.508 e. The van der Waals surface area contributed by atoms with Crippen molar-refractivity contribution < 1.29 is 5.11 Å². The van der Waals surface area contributed by atoms with Gasteiger partial charge in [0.05, 0.1) is 17.0 Å². The Kier molecular flexibility index (Phi) is 5.84. The average molecular weight is 442 g/mol. The molecule has 170 valence electrons. The van der Waals surface area contributed by atoms with E-state index in [1.165, 1.54) is 43.4 Å². The third-order valence-electron chi connectivity index (χ3n) is 5.70. The summed E-state index contributed by atoms with van der Waals surface area (Å²) in [6.45, 7) is 0. The molecule has 0 aliphatic heterocycles. The van der Waals surface area contributed by atoms with Crippen LogP contribution in [0.3, 0.4) is 0 Å². The Morgan fingerprint density at radius 2 is 1.12 bits per heavy atom. The normalized spacial score (nSPS) is 11.1. The van der Waals surface area contributed by atoms with E-state index < -0.39 is 28.4 Å². The lowest BCUT2D eigenvalue weighted by Crippen LogP contribution is -2.44. The molecule has 0 bridgehead atoms. The van der Waals surface area contributed by atoms with Crippen molar-refractivity contribution >= 4 is 11.6 Å². The zero-order valence-electron chi connectivity index (χ0n) is 18.8. The van der Waals surface area contributed by atoms with Crippen molar-refractivity contribution in [3.63, 3.8) is 0 Å². The van der Waals surface area contributed by atoms with Gasteiger partial charge in [0.25, 0.3) is 11.1 Å². The fourth-order valence-corrected chi connectivity index (χ4v) is 4.05. The van der Waals surface area contributed by atoms with Crippen LogP contribution in [0.5, 0.6) is 5.75 Å². The predicted octanol–water partition coefficient (Wildman–Crippen LogP) is -0.549. The number of rotatable bonds is 5. The molecule has 0 aliphatic carbocycles. The average Bonchev–Trinajstić information content (AvgIpc) is 2.78. The van der Waals surface area contributed by atoms with E-state index in [9.17, 15) is 24.3 Å². The molecule has 2 aromatic heterocycles. The molecular formula is C21H26N6O5. The van der Waals surface area contributed by atoms with E-state index >= 15 is 0 Å². The molecular weight excluding hydrogens is 416 g/mol. The minimum atomic E-state index is -1.10. The van der Waals surface area contributed by atoms with Crippen LogP contribution < -0.4 is 33.1 Å². The molecule has 3 rings (SSSR count). The lowest BCUT2D eigenvalue weighted by atomic mass is 9.85. The zero-order chi connectivity index (χ0) is 23.9. The van der Waals surface area contributed by atoms with Crippen LogP contribution in [0.4, 0.5) is 11.6 Å². The Morgan fingerprint density at radius 3 is 1.50 bits per heavy atom. The molecule has 32 heavy (non-hydrogen) atoms. The van der Waals surface area contributed by atoms with E-state index in [-0.39, 0.29) is 34.1 Å². The Balaban J connectivity index is 2.66. The summed E-state index contributed by atoms with van der Waals surface area (Å²) in [7, 11) is 8.78. The molecule has 0 aliphatic rings. The van der Waals surface area contributed by atoms with Crippen LogP contribution in [0.1, 0.15) is 22.6 Å². The van der Waals surface area contributed by atoms with Gasteiger partial charge in [0.2, 0.25) is 0 Å². The van der Waals surface area contributed by atoms with Gasteiger partial charge in [-0.05, 0) is 6.07 Å². The molecule has 11 heteroatoms. The van der Waals surface area contributed by atoms with Gasteiger partial charge in [-0.1, -0.05) is 18.2 Å². The van der Waals surface area contributed by atoms with Gasteiger partial charge in [-0.15, -0.1) is 0 Å². The molecule has 0 unspecified atom stereocenters. The third-order valence-corrected chi connectivity index (χ3v) is 5.70. The monoisotopic (exact) mass is 442 g/mol. The lowest BCUT2D eigenvalue weighted by Gasteiger charge is -2.26. The maximum absolute atomic E-state index is 13.4. The zero-order valence-corrected chi connectivity index (χ0v) is 18.8. The Labute approximate surface area is 182 Å². The highest BCUT2D eigenvalue weighted by Crippen LogP contribution is 2.38. The maximum atomic E-state index is 13.4. The number of nitrogens with zero attached hydrogens (tertiary/aromatic N) is 4. The number of aromatic hydroxyl groups is 1. The van der Waals surface area contributed by atoms with Gasteiger partial charge in [-0.25, -0.2) is 9.59 Å². The summed E-state index contributed by atoms with van der Waals surface area (Å²) in [6, 6.07) is 6.32. The maximum Gasteiger partial charge on any atom is 0.332 e. The van der Waals surface area contributed by atoms with E-state index in [1.54, 1.807) is 32.3 Å². The second-order valence-electron chi connectivity index (χ2n) is 7.43. The van der Waals surface area contributed by atoms with Crippen molar-refractivity contribution in [3.05, 3.63) is 82.6 Å². The number of hydrogen-bond donors (Lipinski definition) is 3. The van der Waals surface area contributed by atoms with Gasteiger partial charge < -0.3 is 15.7 Å². The summed E-state index contributed by atoms with van der Waals surface area (Å²) < 4.78 is 4.40. The Bertz CT molecular complexity index is 1360. The number of phenols is 1. The van der Waals surface area contributed by atoms with E-state index in [2.05, 4.69) is 10.6 Å². The molecule has 3 aromatic rings. The van der Waals surface area contributed by atoms with Gasteiger partial charge >= 0.3 is 11.4 Å². The SMILES string of the molecule is CNc1c(C(c2ccccc2O)c2c(NC)n(C)c(=O)n(C)c2=O)c(=O)n(C)c(=O)n1C. The number of anilines is 2. The first-order chi connectivity index (χ1) is 15.1. The quantitative estimate of drug-likeness (QED) is 0.483. The Morgan fingerprint density at radius 1 is 0.719 bits per heavy atom. The molecule has 3 N–H and O–H groups in total. The van der Waals surface area contributed by atoms with Crippen LogP contribution >= 0.6 is 0 Å². The molecule has 0 fully saturated rings. The summed E-state index contributed by atoms with van der Waals surface area (Å²) in [4.78, 5) is 51.9. The van der Waals surface area contributed by atoms with Crippen LogP contribution in [-0.2, 0) is 28.2 Å². The number of hydrogen-bond acceptors (Lipinski definition) is 7.